The number of para-hydroxylation sites is 3. The first-order valence-electron chi connectivity index (χ1n) is 9.19. The summed E-state index contributed by atoms with van der Waals surface area (Å²) in [4.78, 5) is 10.7. The zero-order valence-corrected chi connectivity index (χ0v) is 16.9. The molecule has 0 amide bonds. The molecular formula is C21H18N4O4S. The molecule has 152 valence electrons. The molecule has 2 aromatic carbocycles. The van der Waals surface area contributed by atoms with E-state index in [0.29, 0.717) is 16.7 Å². The van der Waals surface area contributed by atoms with E-state index in [1.165, 1.54) is 17.8 Å². The summed E-state index contributed by atoms with van der Waals surface area (Å²) in [7, 11) is 0. The van der Waals surface area contributed by atoms with Crippen molar-refractivity contribution in [3.63, 3.8) is 0 Å². The Morgan fingerprint density at radius 2 is 1.87 bits per heavy atom. The third-order valence-corrected chi connectivity index (χ3v) is 5.27. The van der Waals surface area contributed by atoms with Crippen molar-refractivity contribution >= 4 is 17.4 Å². The topological polar surface area (TPSA) is 96.2 Å². The minimum absolute atomic E-state index is 0.0485. The van der Waals surface area contributed by atoms with Crippen molar-refractivity contribution in [2.45, 2.75) is 12.1 Å². The van der Waals surface area contributed by atoms with Gasteiger partial charge in [0.05, 0.1) is 23.4 Å². The second kappa shape index (κ2) is 8.83. The first kappa shape index (κ1) is 19.7. The highest BCUT2D eigenvalue weighted by molar-refractivity contribution is 7.99. The lowest BCUT2D eigenvalue weighted by atomic mass is 10.2. The lowest BCUT2D eigenvalue weighted by Crippen LogP contribution is -2.04. The number of hydrogen-bond acceptors (Lipinski definition) is 7. The molecule has 2 heterocycles. The number of furan rings is 1. The number of thioether (sulfide) groups is 1. The van der Waals surface area contributed by atoms with Crippen LogP contribution in [-0.2, 0) is 0 Å². The zero-order chi connectivity index (χ0) is 20.9. The summed E-state index contributed by atoms with van der Waals surface area (Å²) in [5.74, 6) is 2.24. The van der Waals surface area contributed by atoms with Gasteiger partial charge in [0.25, 0.3) is 0 Å². The fraction of sp³-hybridized carbons (Fsp3) is 0.143. The Morgan fingerprint density at radius 1 is 1.10 bits per heavy atom. The number of nitrogens with zero attached hydrogens (tertiary/aromatic N) is 4. The maximum Gasteiger partial charge on any atom is 0.310 e. The molecule has 0 saturated heterocycles. The molecule has 2 aromatic heterocycles. The Hall–Kier alpha value is -3.59. The van der Waals surface area contributed by atoms with Gasteiger partial charge in [0, 0.05) is 17.5 Å². The second-order valence-electron chi connectivity index (χ2n) is 6.29. The van der Waals surface area contributed by atoms with Gasteiger partial charge in [-0.25, -0.2) is 0 Å². The summed E-state index contributed by atoms with van der Waals surface area (Å²) in [6, 6.07) is 18.0. The lowest BCUT2D eigenvalue weighted by Gasteiger charge is -2.10. The predicted octanol–water partition coefficient (Wildman–Crippen LogP) is 4.92. The molecule has 0 unspecified atom stereocenters. The van der Waals surface area contributed by atoms with Crippen molar-refractivity contribution in [1.82, 2.24) is 14.8 Å². The smallest absolute Gasteiger partial charge is 0.310 e. The summed E-state index contributed by atoms with van der Waals surface area (Å²) in [6.45, 7) is 2.17. The normalized spacial score (nSPS) is 10.8. The van der Waals surface area contributed by atoms with E-state index in [1.807, 2.05) is 47.9 Å². The summed E-state index contributed by atoms with van der Waals surface area (Å²) in [6.07, 6.45) is 1.63. The van der Waals surface area contributed by atoms with Gasteiger partial charge in [-0.15, -0.1) is 10.2 Å². The van der Waals surface area contributed by atoms with Gasteiger partial charge < -0.3 is 9.15 Å². The number of ether oxygens (including phenoxy) is 1. The van der Waals surface area contributed by atoms with Crippen LogP contribution in [0.2, 0.25) is 0 Å². The van der Waals surface area contributed by atoms with Gasteiger partial charge in [-0.1, -0.05) is 42.1 Å². The Kier molecular flexibility index (Phi) is 5.80. The van der Waals surface area contributed by atoms with Crippen LogP contribution in [0.1, 0.15) is 5.76 Å². The van der Waals surface area contributed by atoms with Crippen molar-refractivity contribution in [3.8, 4) is 22.8 Å². The largest absolute Gasteiger partial charge is 0.486 e. The Labute approximate surface area is 176 Å². The highest BCUT2D eigenvalue weighted by Crippen LogP contribution is 2.31. The highest BCUT2D eigenvalue weighted by atomic mass is 32.2. The van der Waals surface area contributed by atoms with Crippen LogP contribution in [0.25, 0.3) is 17.1 Å². The third-order valence-electron chi connectivity index (χ3n) is 4.38. The van der Waals surface area contributed by atoms with Gasteiger partial charge in [0.2, 0.25) is 0 Å². The summed E-state index contributed by atoms with van der Waals surface area (Å²) in [5, 5.41) is 20.5. The standard InChI is InChI=1S/C21H18N4O4S/c1-15-17(11-12-28-15)20-22-23-21(24(20)16-7-3-2-4-8-16)30-14-13-29-19-10-6-5-9-18(19)25(26)27/h2-12H,13-14H2,1H3. The van der Waals surface area contributed by atoms with E-state index < -0.39 is 4.92 Å². The van der Waals surface area contributed by atoms with Crippen molar-refractivity contribution in [2.75, 3.05) is 12.4 Å². The van der Waals surface area contributed by atoms with E-state index in [4.69, 9.17) is 9.15 Å². The fourth-order valence-electron chi connectivity index (χ4n) is 2.98. The van der Waals surface area contributed by atoms with E-state index in [0.717, 1.165) is 17.0 Å². The first-order valence-corrected chi connectivity index (χ1v) is 10.2. The van der Waals surface area contributed by atoms with E-state index in [1.54, 1.807) is 24.5 Å². The Balaban J connectivity index is 1.53. The molecule has 0 bridgehead atoms. The number of nitro benzene ring substituents is 1. The molecular weight excluding hydrogens is 404 g/mol. The number of benzene rings is 2. The van der Waals surface area contributed by atoms with Gasteiger partial charge in [-0.2, -0.15) is 0 Å². The highest BCUT2D eigenvalue weighted by Gasteiger charge is 2.19. The zero-order valence-electron chi connectivity index (χ0n) is 16.1. The molecule has 9 heteroatoms. The summed E-state index contributed by atoms with van der Waals surface area (Å²) < 4.78 is 13.0. The molecule has 0 saturated carbocycles. The number of rotatable bonds is 8. The minimum Gasteiger partial charge on any atom is -0.486 e. The molecule has 0 N–H and O–H groups in total. The van der Waals surface area contributed by atoms with E-state index in [-0.39, 0.29) is 18.0 Å². The van der Waals surface area contributed by atoms with Crippen LogP contribution < -0.4 is 4.74 Å². The van der Waals surface area contributed by atoms with Crippen LogP contribution in [-0.4, -0.2) is 32.0 Å². The number of hydrogen-bond donors (Lipinski definition) is 0. The van der Waals surface area contributed by atoms with Crippen molar-refractivity contribution in [3.05, 3.63) is 82.8 Å². The van der Waals surface area contributed by atoms with Gasteiger partial charge >= 0.3 is 5.69 Å². The van der Waals surface area contributed by atoms with Crippen molar-refractivity contribution < 1.29 is 14.1 Å². The summed E-state index contributed by atoms with van der Waals surface area (Å²) >= 11 is 1.46. The molecule has 8 nitrogen and oxygen atoms in total. The molecule has 0 atom stereocenters. The first-order chi connectivity index (χ1) is 14.6. The number of aromatic nitrogens is 3. The van der Waals surface area contributed by atoms with Crippen LogP contribution in [0.5, 0.6) is 5.75 Å². The quantitative estimate of drug-likeness (QED) is 0.172. The van der Waals surface area contributed by atoms with Gasteiger partial charge in [-0.05, 0) is 31.2 Å². The van der Waals surface area contributed by atoms with Crippen LogP contribution in [0.15, 0.2) is 76.5 Å². The lowest BCUT2D eigenvalue weighted by molar-refractivity contribution is -0.385. The second-order valence-corrected chi connectivity index (χ2v) is 7.35. The average Bonchev–Trinajstić information content (AvgIpc) is 3.37. The SMILES string of the molecule is Cc1occc1-c1nnc(SCCOc2ccccc2[N+](=O)[O-])n1-c1ccccc1. The molecule has 0 aliphatic rings. The molecule has 0 aliphatic heterocycles. The van der Waals surface area contributed by atoms with Crippen molar-refractivity contribution in [2.24, 2.45) is 0 Å². The average molecular weight is 422 g/mol. The number of aryl methyl sites for hydroxylation is 1. The summed E-state index contributed by atoms with van der Waals surface area (Å²) in [5.41, 5.74) is 1.75. The molecule has 4 rings (SSSR count). The molecule has 0 fully saturated rings. The van der Waals surface area contributed by atoms with Crippen molar-refractivity contribution in [1.29, 1.82) is 0 Å². The van der Waals surface area contributed by atoms with Gasteiger partial charge in [0.15, 0.2) is 16.7 Å². The molecule has 0 radical (unpaired) electrons. The fourth-order valence-corrected chi connectivity index (χ4v) is 3.75. The van der Waals surface area contributed by atoms with E-state index in [2.05, 4.69) is 10.2 Å². The van der Waals surface area contributed by atoms with E-state index >= 15 is 0 Å². The van der Waals surface area contributed by atoms with Crippen LogP contribution in [0, 0.1) is 17.0 Å². The predicted molar refractivity (Wildman–Crippen MR) is 113 cm³/mol. The van der Waals surface area contributed by atoms with E-state index in [9.17, 15) is 10.1 Å². The van der Waals surface area contributed by atoms with Crippen LogP contribution in [0.3, 0.4) is 0 Å². The van der Waals surface area contributed by atoms with Gasteiger partial charge in [-0.3, -0.25) is 14.7 Å². The maximum atomic E-state index is 11.1. The number of nitro groups is 1. The molecule has 0 spiro atoms. The van der Waals surface area contributed by atoms with Crippen LogP contribution >= 0.6 is 11.8 Å². The van der Waals surface area contributed by atoms with Gasteiger partial charge in [0.1, 0.15) is 5.76 Å². The monoisotopic (exact) mass is 422 g/mol. The molecule has 4 aromatic rings. The Morgan fingerprint density at radius 3 is 2.60 bits per heavy atom. The molecule has 30 heavy (non-hydrogen) atoms. The maximum absolute atomic E-state index is 11.1. The third kappa shape index (κ3) is 4.06. The molecule has 0 aliphatic carbocycles. The Bertz CT molecular complexity index is 1160. The van der Waals surface area contributed by atoms with Crippen LogP contribution in [0.4, 0.5) is 5.69 Å². The minimum atomic E-state index is -0.450.